The Labute approximate surface area is 116 Å². The Morgan fingerprint density at radius 2 is 2.37 bits per heavy atom. The summed E-state index contributed by atoms with van der Waals surface area (Å²) < 4.78 is 26.2. The Hall–Kier alpha value is -0.960. The molecule has 8 heteroatoms. The standard InChI is InChI=1S/C11H16N2O4S2/c14-9-4-6-13(8-9)10(15)3-5-12-19(16,17)11-2-1-7-18-11/h1-2,7,9,12,14H,3-6,8H2. The van der Waals surface area contributed by atoms with Crippen LogP contribution in [-0.4, -0.2) is 50.1 Å². The van der Waals surface area contributed by atoms with Crippen LogP contribution < -0.4 is 4.72 Å². The molecule has 1 amide bonds. The molecule has 1 unspecified atom stereocenters. The van der Waals surface area contributed by atoms with E-state index in [9.17, 15) is 18.3 Å². The molecule has 19 heavy (non-hydrogen) atoms. The SMILES string of the molecule is O=C(CCNS(=O)(=O)c1cccs1)N1CCC(O)C1. The first kappa shape index (κ1) is 14.4. The van der Waals surface area contributed by atoms with E-state index in [4.69, 9.17) is 0 Å². The van der Waals surface area contributed by atoms with E-state index in [1.807, 2.05) is 0 Å². The average molecular weight is 304 g/mol. The lowest BCUT2D eigenvalue weighted by Crippen LogP contribution is -2.33. The average Bonchev–Trinajstić information content (AvgIpc) is 2.99. The van der Waals surface area contributed by atoms with Crippen LogP contribution in [0, 0.1) is 0 Å². The van der Waals surface area contributed by atoms with Crippen LogP contribution in [0.5, 0.6) is 0 Å². The summed E-state index contributed by atoms with van der Waals surface area (Å²) in [6.45, 7) is 0.958. The van der Waals surface area contributed by atoms with Gasteiger partial charge in [0.25, 0.3) is 0 Å². The van der Waals surface area contributed by atoms with Crippen LogP contribution in [-0.2, 0) is 14.8 Å². The van der Waals surface area contributed by atoms with Gasteiger partial charge in [0, 0.05) is 26.1 Å². The molecule has 6 nitrogen and oxygen atoms in total. The maximum absolute atomic E-state index is 11.8. The monoisotopic (exact) mass is 304 g/mol. The maximum atomic E-state index is 11.8. The summed E-state index contributed by atoms with van der Waals surface area (Å²) in [7, 11) is -3.50. The Balaban J connectivity index is 1.79. The fraction of sp³-hybridized carbons (Fsp3) is 0.545. The molecule has 1 aliphatic heterocycles. The third kappa shape index (κ3) is 3.75. The van der Waals surface area contributed by atoms with E-state index >= 15 is 0 Å². The minimum atomic E-state index is -3.50. The number of sulfonamides is 1. The normalized spacial score (nSPS) is 19.8. The molecule has 0 aromatic carbocycles. The predicted molar refractivity (Wildman–Crippen MR) is 71.3 cm³/mol. The van der Waals surface area contributed by atoms with Gasteiger partial charge in [-0.25, -0.2) is 13.1 Å². The summed E-state index contributed by atoms with van der Waals surface area (Å²) >= 11 is 1.14. The van der Waals surface area contributed by atoms with E-state index < -0.39 is 16.1 Å². The summed E-state index contributed by atoms with van der Waals surface area (Å²) in [5.41, 5.74) is 0. The summed E-state index contributed by atoms with van der Waals surface area (Å²) in [6.07, 6.45) is 0.246. The number of likely N-dealkylation sites (tertiary alicyclic amines) is 1. The predicted octanol–water partition coefficient (Wildman–Crippen LogP) is 0.00970. The first-order valence-corrected chi connectivity index (χ1v) is 8.34. The number of aliphatic hydroxyl groups excluding tert-OH is 1. The molecule has 1 atom stereocenters. The smallest absolute Gasteiger partial charge is 0.250 e. The molecule has 2 N–H and O–H groups in total. The molecule has 2 rings (SSSR count). The van der Waals surface area contributed by atoms with Gasteiger partial charge in [0.1, 0.15) is 4.21 Å². The number of amides is 1. The molecule has 1 aromatic heterocycles. The number of thiophene rings is 1. The topological polar surface area (TPSA) is 86.7 Å². The largest absolute Gasteiger partial charge is 0.391 e. The Morgan fingerprint density at radius 3 is 2.95 bits per heavy atom. The zero-order valence-corrected chi connectivity index (χ0v) is 11.9. The number of β-amino-alcohol motifs (C(OH)–C–C–N with tert-alkyl or cyclic N) is 1. The number of hydrogen-bond acceptors (Lipinski definition) is 5. The number of carbonyl (C=O) groups excluding carboxylic acids is 1. The quantitative estimate of drug-likeness (QED) is 0.802. The molecule has 0 spiro atoms. The Bertz CT molecular complexity index is 527. The Morgan fingerprint density at radius 1 is 1.58 bits per heavy atom. The van der Waals surface area contributed by atoms with Gasteiger partial charge in [0.15, 0.2) is 0 Å². The summed E-state index contributed by atoms with van der Waals surface area (Å²) in [4.78, 5) is 13.3. The fourth-order valence-electron chi connectivity index (χ4n) is 1.91. The minimum absolute atomic E-state index is 0.0751. The van der Waals surface area contributed by atoms with Crippen molar-refractivity contribution in [2.75, 3.05) is 19.6 Å². The number of aliphatic hydroxyl groups is 1. The summed E-state index contributed by atoms with van der Waals surface area (Å²) in [5.74, 6) is -0.134. The molecule has 1 saturated heterocycles. The molecular weight excluding hydrogens is 288 g/mol. The highest BCUT2D eigenvalue weighted by atomic mass is 32.2. The van der Waals surface area contributed by atoms with Crippen LogP contribution in [0.1, 0.15) is 12.8 Å². The molecule has 0 radical (unpaired) electrons. The van der Waals surface area contributed by atoms with Crippen LogP contribution in [0.3, 0.4) is 0 Å². The second kappa shape index (κ2) is 6.00. The number of hydrogen-bond donors (Lipinski definition) is 2. The summed E-state index contributed by atoms with van der Waals surface area (Å²) in [6, 6.07) is 3.18. The van der Waals surface area contributed by atoms with E-state index in [0.29, 0.717) is 19.5 Å². The van der Waals surface area contributed by atoms with Crippen LogP contribution in [0.15, 0.2) is 21.7 Å². The lowest BCUT2D eigenvalue weighted by atomic mass is 10.3. The van der Waals surface area contributed by atoms with Crippen LogP contribution in [0.25, 0.3) is 0 Å². The van der Waals surface area contributed by atoms with E-state index in [1.165, 1.54) is 6.07 Å². The number of carbonyl (C=O) groups is 1. The van der Waals surface area contributed by atoms with Crippen molar-refractivity contribution in [3.05, 3.63) is 17.5 Å². The van der Waals surface area contributed by atoms with E-state index in [0.717, 1.165) is 11.3 Å². The molecule has 2 heterocycles. The highest BCUT2D eigenvalue weighted by Crippen LogP contribution is 2.15. The maximum Gasteiger partial charge on any atom is 0.250 e. The van der Waals surface area contributed by atoms with Crippen molar-refractivity contribution in [1.29, 1.82) is 0 Å². The molecular formula is C11H16N2O4S2. The van der Waals surface area contributed by atoms with Crippen molar-refractivity contribution in [3.8, 4) is 0 Å². The highest BCUT2D eigenvalue weighted by Gasteiger charge is 2.24. The van der Waals surface area contributed by atoms with E-state index in [2.05, 4.69) is 4.72 Å². The van der Waals surface area contributed by atoms with Crippen molar-refractivity contribution in [3.63, 3.8) is 0 Å². The molecule has 1 aliphatic rings. The molecule has 0 saturated carbocycles. The minimum Gasteiger partial charge on any atom is -0.391 e. The fourth-order valence-corrected chi connectivity index (χ4v) is 3.98. The second-order valence-electron chi connectivity index (χ2n) is 4.36. The molecule has 0 aliphatic carbocycles. The van der Waals surface area contributed by atoms with Crippen LogP contribution >= 0.6 is 11.3 Å². The lowest BCUT2D eigenvalue weighted by molar-refractivity contribution is -0.130. The van der Waals surface area contributed by atoms with Crippen LogP contribution in [0.2, 0.25) is 0 Å². The van der Waals surface area contributed by atoms with Gasteiger partial charge in [-0.15, -0.1) is 11.3 Å². The van der Waals surface area contributed by atoms with Crippen molar-refractivity contribution in [1.82, 2.24) is 9.62 Å². The molecule has 0 bridgehead atoms. The number of rotatable bonds is 5. The zero-order valence-electron chi connectivity index (χ0n) is 10.3. The summed E-state index contributed by atoms with van der Waals surface area (Å²) in [5, 5.41) is 11.0. The first-order chi connectivity index (χ1) is 8.99. The van der Waals surface area contributed by atoms with Crippen LogP contribution in [0.4, 0.5) is 0 Å². The highest BCUT2D eigenvalue weighted by molar-refractivity contribution is 7.91. The van der Waals surface area contributed by atoms with Gasteiger partial charge in [-0.2, -0.15) is 0 Å². The van der Waals surface area contributed by atoms with Crippen molar-refractivity contribution < 1.29 is 18.3 Å². The third-order valence-corrected chi connectivity index (χ3v) is 5.77. The number of nitrogens with one attached hydrogen (secondary N) is 1. The number of nitrogens with zero attached hydrogens (tertiary/aromatic N) is 1. The van der Waals surface area contributed by atoms with E-state index in [1.54, 1.807) is 16.3 Å². The van der Waals surface area contributed by atoms with Crippen molar-refractivity contribution in [2.45, 2.75) is 23.2 Å². The van der Waals surface area contributed by atoms with E-state index in [-0.39, 0.29) is 23.1 Å². The lowest BCUT2D eigenvalue weighted by Gasteiger charge is -2.15. The van der Waals surface area contributed by atoms with Crippen molar-refractivity contribution in [2.24, 2.45) is 0 Å². The zero-order chi connectivity index (χ0) is 13.9. The van der Waals surface area contributed by atoms with Gasteiger partial charge in [0.2, 0.25) is 15.9 Å². The molecule has 1 fully saturated rings. The molecule has 106 valence electrons. The van der Waals surface area contributed by atoms with Gasteiger partial charge < -0.3 is 10.0 Å². The molecule has 1 aromatic rings. The van der Waals surface area contributed by atoms with Gasteiger partial charge in [0.05, 0.1) is 6.10 Å². The van der Waals surface area contributed by atoms with Crippen molar-refractivity contribution >= 4 is 27.3 Å². The van der Waals surface area contributed by atoms with Gasteiger partial charge in [-0.3, -0.25) is 4.79 Å². The van der Waals surface area contributed by atoms with Gasteiger partial charge in [-0.1, -0.05) is 6.07 Å². The second-order valence-corrected chi connectivity index (χ2v) is 7.30. The first-order valence-electron chi connectivity index (χ1n) is 5.98. The Kier molecular flexibility index (Phi) is 4.56. The van der Waals surface area contributed by atoms with Gasteiger partial charge in [-0.05, 0) is 17.9 Å². The van der Waals surface area contributed by atoms with Gasteiger partial charge >= 0.3 is 0 Å². The third-order valence-electron chi connectivity index (χ3n) is 2.91.